The summed E-state index contributed by atoms with van der Waals surface area (Å²) in [5, 5.41) is 7.75. The average molecular weight is 376 g/mol. The maximum Gasteiger partial charge on any atom is 0.271 e. The van der Waals surface area contributed by atoms with Crippen LogP contribution in [0.15, 0.2) is 35.1 Å². The quantitative estimate of drug-likeness (QED) is 0.871. The molecule has 2 aromatic rings. The molecule has 138 valence electrons. The topological polar surface area (TPSA) is 73.2 Å². The van der Waals surface area contributed by atoms with Gasteiger partial charge in [-0.15, -0.1) is 5.10 Å². The highest BCUT2D eigenvalue weighted by Crippen LogP contribution is 2.19. The summed E-state index contributed by atoms with van der Waals surface area (Å²) in [7, 11) is 0. The van der Waals surface area contributed by atoms with E-state index >= 15 is 0 Å². The Morgan fingerprint density at radius 1 is 1.31 bits per heavy atom. The summed E-state index contributed by atoms with van der Waals surface area (Å²) in [5.74, 6) is 0.0356. The number of hydrogen-bond acceptors (Lipinski definition) is 4. The Balaban J connectivity index is 1.77. The number of carbonyl (C=O) groups excluding carboxylic acids is 1. The van der Waals surface area contributed by atoms with Gasteiger partial charge in [-0.25, -0.2) is 0 Å². The lowest BCUT2D eigenvalue weighted by Gasteiger charge is -2.18. The lowest BCUT2D eigenvalue weighted by Crippen LogP contribution is -2.41. The van der Waals surface area contributed by atoms with Crippen LogP contribution in [0.1, 0.15) is 38.2 Å². The van der Waals surface area contributed by atoms with Crippen molar-refractivity contribution in [2.24, 2.45) is 0 Å². The van der Waals surface area contributed by atoms with Gasteiger partial charge in [-0.3, -0.25) is 9.59 Å². The van der Waals surface area contributed by atoms with Gasteiger partial charge in [0.1, 0.15) is 0 Å². The van der Waals surface area contributed by atoms with Crippen molar-refractivity contribution in [3.8, 4) is 11.6 Å². The molecule has 1 aliphatic carbocycles. The van der Waals surface area contributed by atoms with E-state index in [4.69, 9.17) is 16.3 Å². The van der Waals surface area contributed by atoms with E-state index in [2.05, 4.69) is 10.4 Å². The first-order valence-corrected chi connectivity index (χ1v) is 9.16. The fourth-order valence-electron chi connectivity index (χ4n) is 3.06. The molecule has 3 rings (SSSR count). The molecule has 0 unspecified atom stereocenters. The molecular formula is C19H22ClN3O3. The number of aromatic nitrogens is 2. The Kier molecular flexibility index (Phi) is 5.61. The van der Waals surface area contributed by atoms with E-state index in [9.17, 15) is 9.59 Å². The van der Waals surface area contributed by atoms with Crippen LogP contribution in [-0.2, 0) is 4.79 Å². The van der Waals surface area contributed by atoms with Crippen LogP contribution in [0.3, 0.4) is 0 Å². The third-order valence-electron chi connectivity index (χ3n) is 4.54. The fraction of sp³-hybridized carbons (Fsp3) is 0.421. The van der Waals surface area contributed by atoms with E-state index in [0.717, 1.165) is 31.2 Å². The van der Waals surface area contributed by atoms with E-state index in [0.29, 0.717) is 10.7 Å². The summed E-state index contributed by atoms with van der Waals surface area (Å²) in [4.78, 5) is 24.5. The number of halogens is 1. The molecule has 1 saturated carbocycles. The summed E-state index contributed by atoms with van der Waals surface area (Å²) in [6, 6.07) is 8.30. The summed E-state index contributed by atoms with van der Waals surface area (Å²) < 4.78 is 6.89. The molecule has 7 heteroatoms. The Morgan fingerprint density at radius 3 is 2.77 bits per heavy atom. The monoisotopic (exact) mass is 375 g/mol. The highest BCUT2D eigenvalue weighted by atomic mass is 35.5. The summed E-state index contributed by atoms with van der Waals surface area (Å²) >= 11 is 6.04. The minimum atomic E-state index is -0.700. The van der Waals surface area contributed by atoms with E-state index in [1.165, 1.54) is 16.8 Å². The number of hydrogen-bond donors (Lipinski definition) is 1. The Labute approximate surface area is 157 Å². The van der Waals surface area contributed by atoms with Crippen molar-refractivity contribution in [2.75, 3.05) is 0 Å². The smallest absolute Gasteiger partial charge is 0.271 e. The Hall–Kier alpha value is -2.34. The van der Waals surface area contributed by atoms with Gasteiger partial charge in [-0.2, -0.15) is 4.68 Å². The van der Waals surface area contributed by atoms with Gasteiger partial charge in [0.05, 0.1) is 5.69 Å². The number of carbonyl (C=O) groups is 1. The second kappa shape index (κ2) is 7.91. The molecule has 0 radical (unpaired) electrons. The molecule has 1 N–H and O–H groups in total. The van der Waals surface area contributed by atoms with Crippen LogP contribution < -0.4 is 15.6 Å². The van der Waals surface area contributed by atoms with Crippen LogP contribution in [0.5, 0.6) is 5.88 Å². The van der Waals surface area contributed by atoms with Gasteiger partial charge < -0.3 is 10.1 Å². The Bertz CT molecular complexity index is 859. The summed E-state index contributed by atoms with van der Waals surface area (Å²) in [6.45, 7) is 3.54. The zero-order valence-corrected chi connectivity index (χ0v) is 15.6. The highest BCUT2D eigenvalue weighted by Gasteiger charge is 2.22. The predicted octanol–water partition coefficient (Wildman–Crippen LogP) is 3.02. The Morgan fingerprint density at radius 2 is 2.04 bits per heavy atom. The van der Waals surface area contributed by atoms with Crippen molar-refractivity contribution in [3.63, 3.8) is 0 Å². The molecule has 1 aromatic heterocycles. The van der Waals surface area contributed by atoms with Gasteiger partial charge >= 0.3 is 0 Å². The van der Waals surface area contributed by atoms with Crippen molar-refractivity contribution in [3.05, 3.63) is 51.3 Å². The number of aryl methyl sites for hydroxylation is 1. The molecule has 0 saturated heterocycles. The first kappa shape index (κ1) is 18.5. The molecule has 1 aromatic carbocycles. The second-order valence-corrected chi connectivity index (χ2v) is 7.04. The standard InChI is InChI=1S/C19H22ClN3O3/c1-12-7-8-14(20)11-16(12)23-18(24)10-9-17(22-23)26-13(2)19(25)21-15-5-3-4-6-15/h7-11,13,15H,3-6H2,1-2H3,(H,21,25)/t13-/m1/s1. The molecule has 1 aliphatic rings. The van der Waals surface area contributed by atoms with Crippen molar-refractivity contribution in [1.29, 1.82) is 0 Å². The zero-order valence-electron chi connectivity index (χ0n) is 14.9. The predicted molar refractivity (Wildman–Crippen MR) is 100 cm³/mol. The zero-order chi connectivity index (χ0) is 18.7. The fourth-order valence-corrected chi connectivity index (χ4v) is 3.23. The number of ether oxygens (including phenoxy) is 1. The van der Waals surface area contributed by atoms with Crippen molar-refractivity contribution >= 4 is 17.5 Å². The van der Waals surface area contributed by atoms with E-state index in [-0.39, 0.29) is 23.4 Å². The normalized spacial score (nSPS) is 15.7. The average Bonchev–Trinajstić information content (AvgIpc) is 3.12. The van der Waals surface area contributed by atoms with Crippen molar-refractivity contribution in [1.82, 2.24) is 15.1 Å². The first-order chi connectivity index (χ1) is 12.4. The van der Waals surface area contributed by atoms with Gasteiger partial charge in [0, 0.05) is 23.2 Å². The summed E-state index contributed by atoms with van der Waals surface area (Å²) in [6.07, 6.45) is 3.61. The molecule has 0 aliphatic heterocycles. The van der Waals surface area contributed by atoms with E-state index in [1.54, 1.807) is 19.1 Å². The van der Waals surface area contributed by atoms with Crippen LogP contribution >= 0.6 is 11.6 Å². The molecule has 1 heterocycles. The van der Waals surface area contributed by atoms with Gasteiger partial charge in [0.25, 0.3) is 11.5 Å². The number of rotatable bonds is 5. The second-order valence-electron chi connectivity index (χ2n) is 6.60. The molecular weight excluding hydrogens is 354 g/mol. The maximum absolute atomic E-state index is 12.3. The first-order valence-electron chi connectivity index (χ1n) is 8.78. The van der Waals surface area contributed by atoms with Crippen LogP contribution in [0.2, 0.25) is 5.02 Å². The lowest BCUT2D eigenvalue weighted by atomic mass is 10.2. The number of nitrogens with zero attached hydrogens (tertiary/aromatic N) is 2. The molecule has 1 amide bonds. The molecule has 1 fully saturated rings. The molecule has 0 bridgehead atoms. The van der Waals surface area contributed by atoms with Crippen LogP contribution in [0.4, 0.5) is 0 Å². The minimum absolute atomic E-state index is 0.171. The van der Waals surface area contributed by atoms with Crippen LogP contribution in [0, 0.1) is 6.92 Å². The van der Waals surface area contributed by atoms with Crippen LogP contribution in [-0.4, -0.2) is 27.8 Å². The van der Waals surface area contributed by atoms with E-state index in [1.807, 2.05) is 13.0 Å². The largest absolute Gasteiger partial charge is 0.464 e. The SMILES string of the molecule is Cc1ccc(Cl)cc1-n1nc(O[C@H](C)C(=O)NC2CCCC2)ccc1=O. The maximum atomic E-state index is 12.3. The number of benzene rings is 1. The number of nitrogens with one attached hydrogen (secondary N) is 1. The third kappa shape index (κ3) is 4.25. The van der Waals surface area contributed by atoms with Gasteiger partial charge in [-0.1, -0.05) is 30.5 Å². The molecule has 26 heavy (non-hydrogen) atoms. The molecule has 6 nitrogen and oxygen atoms in total. The van der Waals surface area contributed by atoms with E-state index < -0.39 is 6.10 Å². The lowest BCUT2D eigenvalue weighted by molar-refractivity contribution is -0.128. The molecule has 1 atom stereocenters. The number of amides is 1. The van der Waals surface area contributed by atoms with Gasteiger partial charge in [-0.05, 0) is 44.4 Å². The summed E-state index contributed by atoms with van der Waals surface area (Å²) in [5.41, 5.74) is 1.13. The van der Waals surface area contributed by atoms with Gasteiger partial charge in [0.2, 0.25) is 5.88 Å². The minimum Gasteiger partial charge on any atom is -0.464 e. The van der Waals surface area contributed by atoms with Crippen molar-refractivity contribution in [2.45, 2.75) is 51.7 Å². The molecule has 0 spiro atoms. The highest BCUT2D eigenvalue weighted by molar-refractivity contribution is 6.30. The third-order valence-corrected chi connectivity index (χ3v) is 4.78. The van der Waals surface area contributed by atoms with Gasteiger partial charge in [0.15, 0.2) is 6.10 Å². The van der Waals surface area contributed by atoms with Crippen molar-refractivity contribution < 1.29 is 9.53 Å². The van der Waals surface area contributed by atoms with Crippen LogP contribution in [0.25, 0.3) is 5.69 Å².